The number of ether oxygens (including phenoxy) is 5. The van der Waals surface area contributed by atoms with Crippen molar-refractivity contribution in [2.24, 2.45) is 0 Å². The molecule has 0 saturated heterocycles. The summed E-state index contributed by atoms with van der Waals surface area (Å²) in [5.41, 5.74) is 5.81. The molecule has 0 amide bonds. The van der Waals surface area contributed by atoms with Crippen molar-refractivity contribution in [1.29, 1.82) is 0 Å². The van der Waals surface area contributed by atoms with Gasteiger partial charge >= 0.3 is 0 Å². The van der Waals surface area contributed by atoms with Crippen LogP contribution in [0.3, 0.4) is 0 Å². The summed E-state index contributed by atoms with van der Waals surface area (Å²) in [7, 11) is 3.33. The maximum Gasteiger partial charge on any atom is 0.147 e. The molecule has 1 aliphatic rings. The van der Waals surface area contributed by atoms with Gasteiger partial charge in [-0.25, -0.2) is 0 Å². The van der Waals surface area contributed by atoms with Crippen LogP contribution in [0.4, 0.5) is 11.4 Å². The predicted octanol–water partition coefficient (Wildman–Crippen LogP) is 4.85. The molecule has 0 saturated carbocycles. The van der Waals surface area contributed by atoms with Gasteiger partial charge in [-0.1, -0.05) is 11.8 Å². The van der Waals surface area contributed by atoms with E-state index in [2.05, 4.69) is 22.3 Å². The maximum absolute atomic E-state index is 6.00. The van der Waals surface area contributed by atoms with Crippen LogP contribution in [0.1, 0.15) is 22.3 Å². The molecule has 0 spiro atoms. The van der Waals surface area contributed by atoms with Crippen LogP contribution in [0.25, 0.3) is 0 Å². The third-order valence-corrected chi connectivity index (χ3v) is 6.84. The zero-order chi connectivity index (χ0) is 23.1. The van der Waals surface area contributed by atoms with Crippen molar-refractivity contribution >= 4 is 29.5 Å². The summed E-state index contributed by atoms with van der Waals surface area (Å²) in [4.78, 5) is 0. The summed E-state index contributed by atoms with van der Waals surface area (Å²) >= 11 is 6.00. The van der Waals surface area contributed by atoms with Crippen LogP contribution in [-0.4, -0.2) is 47.3 Å². The fraction of sp³-hybridized carbons (Fsp3) is 0.478. The Hall–Kier alpha value is -1.83. The highest BCUT2D eigenvalue weighted by Crippen LogP contribution is 2.48. The number of aryl methyl sites for hydroxylation is 2. The zero-order valence-electron chi connectivity index (χ0n) is 19.4. The van der Waals surface area contributed by atoms with E-state index in [1.807, 2.05) is 32.6 Å². The number of rotatable bonds is 2. The highest BCUT2D eigenvalue weighted by atomic mass is 32.4. The van der Waals surface area contributed by atoms with E-state index in [9.17, 15) is 0 Å². The molecule has 9 heteroatoms. The van der Waals surface area contributed by atoms with Crippen LogP contribution in [0, 0.1) is 13.8 Å². The van der Waals surface area contributed by atoms with E-state index < -0.39 is 6.34 Å². The molecule has 176 valence electrons. The first-order chi connectivity index (χ1) is 15.3. The maximum atomic E-state index is 6.00. The molecule has 3 rings (SSSR count). The number of benzene rings is 2. The molecule has 2 aromatic carbocycles. The van der Waals surface area contributed by atoms with Crippen molar-refractivity contribution in [3.05, 3.63) is 46.5 Å². The molecule has 1 aliphatic heterocycles. The average Bonchev–Trinajstić information content (AvgIpc) is 2.71. The SMILES string of the molecule is COc1c2cc(C)cc1NP(C)(=S)Nc1cc(C)cc(c1OC)COCCOCCOC2. The van der Waals surface area contributed by atoms with Crippen LogP contribution in [0.15, 0.2) is 24.3 Å². The summed E-state index contributed by atoms with van der Waals surface area (Å²) in [6.45, 7) is 8.93. The summed E-state index contributed by atoms with van der Waals surface area (Å²) in [6.07, 6.45) is -2.27. The summed E-state index contributed by atoms with van der Waals surface area (Å²) in [6, 6.07) is 8.23. The average molecular weight is 481 g/mol. The fourth-order valence-electron chi connectivity index (χ4n) is 3.75. The second-order valence-corrected chi connectivity index (χ2v) is 12.4. The zero-order valence-corrected chi connectivity index (χ0v) is 21.2. The second-order valence-electron chi connectivity index (χ2n) is 7.88. The second kappa shape index (κ2) is 11.3. The van der Waals surface area contributed by atoms with Crippen molar-refractivity contribution in [3.8, 4) is 11.5 Å². The van der Waals surface area contributed by atoms with Gasteiger partial charge < -0.3 is 33.9 Å². The van der Waals surface area contributed by atoms with Crippen molar-refractivity contribution in [1.82, 2.24) is 0 Å². The van der Waals surface area contributed by atoms with Gasteiger partial charge in [-0.15, -0.1) is 0 Å². The quantitative estimate of drug-likeness (QED) is 0.592. The van der Waals surface area contributed by atoms with Gasteiger partial charge in [-0.3, -0.25) is 0 Å². The van der Waals surface area contributed by atoms with Crippen molar-refractivity contribution in [2.75, 3.05) is 57.5 Å². The van der Waals surface area contributed by atoms with Gasteiger partial charge in [-0.05, 0) is 55.9 Å². The van der Waals surface area contributed by atoms with E-state index in [4.69, 9.17) is 35.5 Å². The standard InChI is InChI=1S/C23H33N2O5PS/c1-16-10-18-14-29-8-6-28-7-9-30-15-19-11-17(2)13-21(23(19)27-4)25-31(5,32)24-20(12-16)22(18)26-3/h10-13H,6-9,14-15H2,1-5H3,(H2,24,25,32). The van der Waals surface area contributed by atoms with Gasteiger partial charge in [0.15, 0.2) is 0 Å². The predicted molar refractivity (Wildman–Crippen MR) is 133 cm³/mol. The Morgan fingerprint density at radius 2 is 1.16 bits per heavy atom. The number of nitrogens with one attached hydrogen (secondary N) is 2. The molecule has 0 aromatic heterocycles. The normalized spacial score (nSPS) is 17.3. The van der Waals surface area contributed by atoms with Crippen molar-refractivity contribution in [2.45, 2.75) is 27.1 Å². The van der Waals surface area contributed by atoms with E-state index in [1.165, 1.54) is 0 Å². The lowest BCUT2D eigenvalue weighted by Crippen LogP contribution is -2.12. The lowest BCUT2D eigenvalue weighted by molar-refractivity contribution is 0.00653. The highest BCUT2D eigenvalue weighted by Gasteiger charge is 2.20. The van der Waals surface area contributed by atoms with E-state index in [1.54, 1.807) is 14.2 Å². The Morgan fingerprint density at radius 3 is 1.56 bits per heavy atom. The smallest absolute Gasteiger partial charge is 0.147 e. The Labute approximate surface area is 195 Å². The molecule has 2 aromatic rings. The molecule has 4 bridgehead atoms. The van der Waals surface area contributed by atoms with Gasteiger partial charge in [0.25, 0.3) is 0 Å². The summed E-state index contributed by atoms with van der Waals surface area (Å²) in [5, 5.41) is 7.05. The molecule has 32 heavy (non-hydrogen) atoms. The van der Waals surface area contributed by atoms with Gasteiger partial charge in [0, 0.05) is 11.1 Å². The number of hydrogen-bond acceptors (Lipinski definition) is 6. The molecule has 0 aliphatic carbocycles. The van der Waals surface area contributed by atoms with Crippen molar-refractivity contribution < 1.29 is 23.7 Å². The summed E-state index contributed by atoms with van der Waals surface area (Å²) < 4.78 is 28.8. The highest BCUT2D eigenvalue weighted by molar-refractivity contribution is 8.15. The van der Waals surface area contributed by atoms with Crippen molar-refractivity contribution in [3.63, 3.8) is 0 Å². The molecule has 7 nitrogen and oxygen atoms in total. The van der Waals surface area contributed by atoms with Gasteiger partial charge in [0.1, 0.15) is 17.8 Å². The number of hydrogen-bond donors (Lipinski definition) is 2. The molecular weight excluding hydrogens is 447 g/mol. The first kappa shape index (κ1) is 24.8. The van der Waals surface area contributed by atoms with E-state index in [-0.39, 0.29) is 0 Å². The van der Waals surface area contributed by atoms with E-state index in [0.29, 0.717) is 39.6 Å². The monoisotopic (exact) mass is 480 g/mol. The number of anilines is 2. The van der Waals surface area contributed by atoms with Crippen LogP contribution < -0.4 is 19.6 Å². The van der Waals surface area contributed by atoms with Gasteiger partial charge in [0.05, 0.1) is 65.2 Å². The number of methoxy groups -OCH3 is 2. The first-order valence-corrected chi connectivity index (χ1v) is 13.8. The minimum atomic E-state index is -2.27. The Bertz CT molecular complexity index is 912. The van der Waals surface area contributed by atoms with Gasteiger partial charge in [0.2, 0.25) is 0 Å². The minimum absolute atomic E-state index is 0.425. The first-order valence-electron chi connectivity index (χ1n) is 10.6. The van der Waals surface area contributed by atoms with Crippen LogP contribution in [0.5, 0.6) is 11.5 Å². The fourth-order valence-corrected chi connectivity index (χ4v) is 5.65. The lowest BCUT2D eigenvalue weighted by atomic mass is 10.1. The summed E-state index contributed by atoms with van der Waals surface area (Å²) in [5.74, 6) is 1.47. The lowest BCUT2D eigenvalue weighted by Gasteiger charge is -2.27. The Morgan fingerprint density at radius 1 is 0.750 bits per heavy atom. The van der Waals surface area contributed by atoms with E-state index in [0.717, 1.165) is 45.1 Å². The molecule has 1 heterocycles. The Kier molecular flexibility index (Phi) is 8.79. The molecule has 0 unspecified atom stereocenters. The van der Waals surface area contributed by atoms with Crippen LogP contribution >= 0.6 is 6.34 Å². The molecule has 0 fully saturated rings. The molecule has 0 atom stereocenters. The third kappa shape index (κ3) is 6.59. The number of fused-ring (bicyclic) bond motifs is 4. The Balaban J connectivity index is 2.00. The van der Waals surface area contributed by atoms with E-state index >= 15 is 0 Å². The molecular formula is C23H33N2O5PS. The topological polar surface area (TPSA) is 70.2 Å². The van der Waals surface area contributed by atoms with Gasteiger partial charge in [-0.2, -0.15) is 0 Å². The third-order valence-electron chi connectivity index (χ3n) is 4.96. The molecule has 2 N–H and O–H groups in total. The van der Waals surface area contributed by atoms with Crippen LogP contribution in [-0.2, 0) is 39.2 Å². The minimum Gasteiger partial charge on any atom is -0.494 e. The van der Waals surface area contributed by atoms with Crippen LogP contribution in [0.2, 0.25) is 0 Å². The largest absolute Gasteiger partial charge is 0.494 e. The molecule has 0 radical (unpaired) electrons.